The molecule has 0 fully saturated rings. The molecule has 3 heterocycles. The van der Waals surface area contributed by atoms with E-state index in [2.05, 4.69) is 182 Å². The molecule has 0 N–H and O–H groups in total. The molecule has 4 nitrogen and oxygen atoms in total. The minimum Gasteiger partial charge on any atom is -0.456 e. The first-order valence-corrected chi connectivity index (χ1v) is 19.6. The highest BCUT2D eigenvalue weighted by molar-refractivity contribution is 6.17. The Morgan fingerprint density at radius 1 is 0.310 bits per heavy atom. The number of benzene rings is 9. The van der Waals surface area contributed by atoms with Crippen LogP contribution < -0.4 is 0 Å². The van der Waals surface area contributed by atoms with Crippen molar-refractivity contribution in [3.05, 3.63) is 194 Å². The number of hydrogen-bond acceptors (Lipinski definition) is 4. The molecule has 0 unspecified atom stereocenters. The molecule has 0 aliphatic carbocycles. The summed E-state index contributed by atoms with van der Waals surface area (Å²) >= 11 is 0. The molecule has 0 amide bonds. The lowest BCUT2D eigenvalue weighted by atomic mass is 9.91. The second kappa shape index (κ2) is 12.9. The fourth-order valence-electron chi connectivity index (χ4n) is 8.74. The van der Waals surface area contributed by atoms with Crippen LogP contribution in [-0.4, -0.2) is 9.97 Å². The molecule has 0 radical (unpaired) electrons. The van der Waals surface area contributed by atoms with E-state index in [1.165, 1.54) is 10.9 Å². The molecule has 0 atom stereocenters. The summed E-state index contributed by atoms with van der Waals surface area (Å²) in [5.74, 6) is 0.649. The molecule has 12 rings (SSSR count). The number of rotatable bonds is 5. The zero-order valence-corrected chi connectivity index (χ0v) is 31.2. The van der Waals surface area contributed by atoms with Crippen LogP contribution in [0.15, 0.2) is 203 Å². The summed E-state index contributed by atoms with van der Waals surface area (Å²) in [6.45, 7) is 0. The van der Waals surface area contributed by atoms with Gasteiger partial charge in [-0.05, 0) is 92.3 Å². The van der Waals surface area contributed by atoms with Crippen LogP contribution in [0.4, 0.5) is 0 Å². The lowest BCUT2D eigenvalue weighted by molar-refractivity contribution is 0.669. The van der Waals surface area contributed by atoms with E-state index in [0.717, 1.165) is 105 Å². The van der Waals surface area contributed by atoms with E-state index in [0.29, 0.717) is 5.82 Å². The van der Waals surface area contributed by atoms with Gasteiger partial charge in [-0.3, -0.25) is 0 Å². The normalized spacial score (nSPS) is 11.8. The quantitative estimate of drug-likeness (QED) is 0.176. The molecule has 12 aromatic rings. The summed E-state index contributed by atoms with van der Waals surface area (Å²) < 4.78 is 13.0. The predicted octanol–water partition coefficient (Wildman–Crippen LogP) is 14.9. The third kappa shape index (κ3) is 5.16. The molecule has 0 bridgehead atoms. The highest BCUT2D eigenvalue weighted by Gasteiger charge is 2.20. The maximum Gasteiger partial charge on any atom is 0.161 e. The van der Waals surface area contributed by atoms with Crippen LogP contribution in [0.3, 0.4) is 0 Å². The molecule has 3 aromatic heterocycles. The largest absolute Gasteiger partial charge is 0.456 e. The molecule has 0 aliphatic heterocycles. The van der Waals surface area contributed by atoms with E-state index in [1.54, 1.807) is 0 Å². The summed E-state index contributed by atoms with van der Waals surface area (Å²) in [5, 5.41) is 8.87. The zero-order valence-electron chi connectivity index (χ0n) is 31.2. The first kappa shape index (κ1) is 32.4. The number of fused-ring (bicyclic) bond motifs is 8. The number of nitrogens with zero attached hydrogens (tertiary/aromatic N) is 2. The Hall–Kier alpha value is -7.82. The van der Waals surface area contributed by atoms with Gasteiger partial charge in [0, 0.05) is 38.2 Å². The molecule has 9 aromatic carbocycles. The molecule has 270 valence electrons. The van der Waals surface area contributed by atoms with Crippen molar-refractivity contribution >= 4 is 65.4 Å². The molecular formula is C54H32N2O2. The third-order valence-corrected chi connectivity index (χ3v) is 11.5. The maximum absolute atomic E-state index is 6.55. The topological polar surface area (TPSA) is 52.1 Å². The Bertz CT molecular complexity index is 3580. The Morgan fingerprint density at radius 3 is 1.86 bits per heavy atom. The average Bonchev–Trinajstić information content (AvgIpc) is 3.87. The summed E-state index contributed by atoms with van der Waals surface area (Å²) in [7, 11) is 0. The summed E-state index contributed by atoms with van der Waals surface area (Å²) in [6.07, 6.45) is 0. The van der Waals surface area contributed by atoms with E-state index in [9.17, 15) is 0 Å². The van der Waals surface area contributed by atoms with E-state index >= 15 is 0 Å². The maximum atomic E-state index is 6.55. The second-order valence-corrected chi connectivity index (χ2v) is 14.9. The minimum atomic E-state index is 0.649. The van der Waals surface area contributed by atoms with Gasteiger partial charge in [0.25, 0.3) is 0 Å². The van der Waals surface area contributed by atoms with Crippen LogP contribution in [0.5, 0.6) is 0 Å². The Balaban J connectivity index is 1.08. The van der Waals surface area contributed by atoms with Gasteiger partial charge >= 0.3 is 0 Å². The Kier molecular flexibility index (Phi) is 7.20. The Labute approximate surface area is 333 Å². The van der Waals surface area contributed by atoms with Crippen LogP contribution >= 0.6 is 0 Å². The first-order valence-electron chi connectivity index (χ1n) is 19.6. The number of hydrogen-bond donors (Lipinski definition) is 0. The van der Waals surface area contributed by atoms with Crippen LogP contribution in [-0.2, 0) is 0 Å². The molecule has 0 aliphatic rings. The fraction of sp³-hybridized carbons (Fsp3) is 0. The predicted molar refractivity (Wildman–Crippen MR) is 239 cm³/mol. The summed E-state index contributed by atoms with van der Waals surface area (Å²) in [4.78, 5) is 10.7. The van der Waals surface area contributed by atoms with Gasteiger partial charge in [-0.1, -0.05) is 146 Å². The van der Waals surface area contributed by atoms with Crippen LogP contribution in [0.25, 0.3) is 122 Å². The number of aromatic nitrogens is 2. The van der Waals surface area contributed by atoms with Crippen LogP contribution in [0, 0.1) is 0 Å². The van der Waals surface area contributed by atoms with E-state index in [1.807, 2.05) is 12.1 Å². The van der Waals surface area contributed by atoms with Gasteiger partial charge in [-0.15, -0.1) is 0 Å². The van der Waals surface area contributed by atoms with Crippen molar-refractivity contribution in [1.29, 1.82) is 0 Å². The van der Waals surface area contributed by atoms with Gasteiger partial charge < -0.3 is 8.83 Å². The lowest BCUT2D eigenvalue weighted by Gasteiger charge is -2.14. The summed E-state index contributed by atoms with van der Waals surface area (Å²) in [5.41, 5.74) is 12.5. The van der Waals surface area contributed by atoms with Crippen molar-refractivity contribution in [3.63, 3.8) is 0 Å². The van der Waals surface area contributed by atoms with Crippen molar-refractivity contribution in [2.75, 3.05) is 0 Å². The molecule has 0 saturated heterocycles. The van der Waals surface area contributed by atoms with Crippen LogP contribution in [0.2, 0.25) is 0 Å². The summed E-state index contributed by atoms with van der Waals surface area (Å²) in [6, 6.07) is 67.9. The van der Waals surface area contributed by atoms with Crippen molar-refractivity contribution in [2.24, 2.45) is 0 Å². The highest BCUT2D eigenvalue weighted by atomic mass is 16.3. The van der Waals surface area contributed by atoms with Crippen LogP contribution in [0.1, 0.15) is 0 Å². The Morgan fingerprint density at radius 2 is 0.966 bits per heavy atom. The molecular weight excluding hydrogens is 709 g/mol. The van der Waals surface area contributed by atoms with E-state index in [-0.39, 0.29) is 0 Å². The van der Waals surface area contributed by atoms with Gasteiger partial charge in [0.2, 0.25) is 0 Å². The first-order chi connectivity index (χ1) is 28.7. The molecule has 0 saturated carbocycles. The van der Waals surface area contributed by atoms with Crippen molar-refractivity contribution in [3.8, 4) is 56.2 Å². The lowest BCUT2D eigenvalue weighted by Crippen LogP contribution is -1.97. The third-order valence-electron chi connectivity index (χ3n) is 11.5. The smallest absolute Gasteiger partial charge is 0.161 e. The van der Waals surface area contributed by atoms with E-state index < -0.39 is 0 Å². The number of para-hydroxylation sites is 2. The standard InChI is InChI=1S/C54H32N2O2/c1-2-12-33(13-3-1)36-26-29-50-46(31-36)52-42(19-11-23-51(52)57-50)40-27-28-44(39-17-7-6-16-38(39)40)54-55-47(37-25-24-34-14-4-5-15-35(34)30-37)32-48(56-54)45-21-10-20-43-41-18-8-9-22-49(41)58-53(43)45/h1-32H. The molecule has 58 heavy (non-hydrogen) atoms. The van der Waals surface area contributed by atoms with Gasteiger partial charge in [-0.2, -0.15) is 0 Å². The highest BCUT2D eigenvalue weighted by Crippen LogP contribution is 2.43. The average molecular weight is 741 g/mol. The minimum absolute atomic E-state index is 0.649. The SMILES string of the molecule is c1ccc(-c2ccc3oc4cccc(-c5ccc(-c6nc(-c7ccc8ccccc8c7)cc(-c7cccc8c7oc7ccccc78)n6)c6ccccc56)c4c3c2)cc1. The molecule has 4 heteroatoms. The molecule has 0 spiro atoms. The second-order valence-electron chi connectivity index (χ2n) is 14.9. The fourth-order valence-corrected chi connectivity index (χ4v) is 8.74. The number of furan rings is 2. The zero-order chi connectivity index (χ0) is 38.2. The van der Waals surface area contributed by atoms with Gasteiger partial charge in [-0.25, -0.2) is 9.97 Å². The van der Waals surface area contributed by atoms with Crippen molar-refractivity contribution < 1.29 is 8.83 Å². The van der Waals surface area contributed by atoms with Crippen molar-refractivity contribution in [1.82, 2.24) is 9.97 Å². The van der Waals surface area contributed by atoms with Gasteiger partial charge in [0.05, 0.1) is 11.4 Å². The van der Waals surface area contributed by atoms with E-state index in [4.69, 9.17) is 18.8 Å². The van der Waals surface area contributed by atoms with Crippen molar-refractivity contribution in [2.45, 2.75) is 0 Å². The van der Waals surface area contributed by atoms with Gasteiger partial charge in [0.15, 0.2) is 5.82 Å². The monoisotopic (exact) mass is 740 g/mol. The van der Waals surface area contributed by atoms with Gasteiger partial charge in [0.1, 0.15) is 22.3 Å².